The molecule has 1 rings (SSSR count). The van der Waals surface area contributed by atoms with Gasteiger partial charge in [-0.25, -0.2) is 9.59 Å². The van der Waals surface area contributed by atoms with E-state index < -0.39 is 43.0 Å². The molecule has 0 aromatic rings. The summed E-state index contributed by atoms with van der Waals surface area (Å²) in [6, 6.07) is 0. The maximum Gasteiger partial charge on any atom is 0.508 e. The van der Waals surface area contributed by atoms with E-state index in [0.29, 0.717) is 12.8 Å². The molecule has 1 fully saturated rings. The Morgan fingerprint density at radius 2 is 1.54 bits per heavy atom. The lowest BCUT2D eigenvalue weighted by Gasteiger charge is -2.43. The van der Waals surface area contributed by atoms with E-state index >= 15 is 0 Å². The van der Waals surface area contributed by atoms with Crippen LogP contribution in [0.15, 0.2) is 12.7 Å². The first-order valence-corrected chi connectivity index (χ1v) is 8.51. The zero-order valence-electron chi connectivity index (χ0n) is 15.7. The minimum atomic E-state index is -0.997. The largest absolute Gasteiger partial charge is 0.508 e. The van der Waals surface area contributed by atoms with Crippen LogP contribution in [0.3, 0.4) is 0 Å². The minimum Gasteiger partial charge on any atom is -0.435 e. The molecule has 0 spiro atoms. The second kappa shape index (κ2) is 11.7. The highest BCUT2D eigenvalue weighted by Crippen LogP contribution is 2.31. The summed E-state index contributed by atoms with van der Waals surface area (Å²) in [5, 5.41) is 0. The molecule has 0 N–H and O–H groups in total. The summed E-state index contributed by atoms with van der Waals surface area (Å²) in [6.07, 6.45) is -3.11. The summed E-state index contributed by atoms with van der Waals surface area (Å²) in [6.45, 7) is 7.29. The highest BCUT2D eigenvalue weighted by atomic mass is 16.8. The molecule has 0 aliphatic carbocycles. The highest BCUT2D eigenvalue weighted by molar-refractivity contribution is 5.61. The maximum absolute atomic E-state index is 11.8. The maximum atomic E-state index is 11.8. The van der Waals surface area contributed by atoms with Gasteiger partial charge in [0.25, 0.3) is 0 Å². The molecule has 1 aliphatic rings. The van der Waals surface area contributed by atoms with Gasteiger partial charge in [0.2, 0.25) is 0 Å². The first kappa shape index (κ1) is 22.2. The highest BCUT2D eigenvalue weighted by Gasteiger charge is 2.51. The van der Waals surface area contributed by atoms with Crippen molar-refractivity contribution in [2.45, 2.75) is 57.4 Å². The van der Waals surface area contributed by atoms with Crippen LogP contribution in [0.25, 0.3) is 0 Å². The van der Waals surface area contributed by atoms with Crippen LogP contribution in [0.5, 0.6) is 0 Å². The van der Waals surface area contributed by atoms with E-state index in [4.69, 9.17) is 33.2 Å². The Hall–Kier alpha value is -1.84. The van der Waals surface area contributed by atoms with Crippen LogP contribution in [0, 0.1) is 0 Å². The standard InChI is InChI=1S/C17H28O9/c1-6-9-10-11-12(25-16(18)22-7-2)13(20-4)14(15(21-5)24-11)26-17(19)23-8-3/h6,11-15H,1,7-10H2,2-5H3/t11-,12-,13+,14-,15+/m1/s1. The van der Waals surface area contributed by atoms with Crippen LogP contribution in [0.2, 0.25) is 0 Å². The van der Waals surface area contributed by atoms with Crippen LogP contribution in [-0.4, -0.2) is 70.4 Å². The van der Waals surface area contributed by atoms with Crippen molar-refractivity contribution in [2.75, 3.05) is 27.4 Å². The lowest BCUT2D eigenvalue weighted by Crippen LogP contribution is -2.61. The molecule has 5 atom stereocenters. The van der Waals surface area contributed by atoms with Gasteiger partial charge in [-0.05, 0) is 26.7 Å². The van der Waals surface area contributed by atoms with Crippen LogP contribution < -0.4 is 0 Å². The van der Waals surface area contributed by atoms with Gasteiger partial charge in [0, 0.05) is 14.2 Å². The van der Waals surface area contributed by atoms with Crippen LogP contribution in [-0.2, 0) is 33.2 Å². The smallest absolute Gasteiger partial charge is 0.435 e. The molecule has 1 saturated heterocycles. The van der Waals surface area contributed by atoms with Gasteiger partial charge in [0.1, 0.15) is 12.2 Å². The minimum absolute atomic E-state index is 0.145. The van der Waals surface area contributed by atoms with Gasteiger partial charge in [0.05, 0.1) is 13.2 Å². The van der Waals surface area contributed by atoms with Gasteiger partial charge < -0.3 is 33.2 Å². The molecular formula is C17H28O9. The number of carbonyl (C=O) groups excluding carboxylic acids is 2. The summed E-state index contributed by atoms with van der Waals surface area (Å²) in [4.78, 5) is 23.6. The molecule has 0 saturated carbocycles. The Balaban J connectivity index is 3.04. The Labute approximate surface area is 153 Å². The van der Waals surface area contributed by atoms with E-state index in [1.54, 1.807) is 19.9 Å². The van der Waals surface area contributed by atoms with Gasteiger partial charge in [-0.1, -0.05) is 6.08 Å². The fourth-order valence-electron chi connectivity index (χ4n) is 2.64. The number of hydrogen-bond acceptors (Lipinski definition) is 9. The molecule has 0 amide bonds. The molecule has 1 heterocycles. The van der Waals surface area contributed by atoms with E-state index in [2.05, 4.69) is 6.58 Å². The number of ether oxygens (including phenoxy) is 7. The van der Waals surface area contributed by atoms with Gasteiger partial charge in [0.15, 0.2) is 18.5 Å². The second-order valence-electron chi connectivity index (χ2n) is 5.38. The predicted molar refractivity (Wildman–Crippen MR) is 89.7 cm³/mol. The summed E-state index contributed by atoms with van der Waals surface area (Å²) in [5.74, 6) is 0. The summed E-state index contributed by atoms with van der Waals surface area (Å²) in [7, 11) is 2.83. The molecule has 9 nitrogen and oxygen atoms in total. The Kier molecular flexibility index (Phi) is 10.0. The number of rotatable bonds is 9. The topological polar surface area (TPSA) is 98.8 Å². The van der Waals surface area contributed by atoms with Crippen molar-refractivity contribution < 1.29 is 42.7 Å². The van der Waals surface area contributed by atoms with Gasteiger partial charge in [-0.15, -0.1) is 6.58 Å². The molecule has 0 bridgehead atoms. The monoisotopic (exact) mass is 376 g/mol. The number of hydrogen-bond donors (Lipinski definition) is 0. The fraction of sp³-hybridized carbons (Fsp3) is 0.765. The van der Waals surface area contributed by atoms with Crippen LogP contribution >= 0.6 is 0 Å². The van der Waals surface area contributed by atoms with Crippen molar-refractivity contribution in [3.63, 3.8) is 0 Å². The van der Waals surface area contributed by atoms with Crippen molar-refractivity contribution >= 4 is 12.3 Å². The Morgan fingerprint density at radius 3 is 2.00 bits per heavy atom. The first-order valence-electron chi connectivity index (χ1n) is 8.51. The van der Waals surface area contributed by atoms with Gasteiger partial charge in [-0.3, -0.25) is 0 Å². The third-order valence-corrected chi connectivity index (χ3v) is 3.74. The first-order chi connectivity index (χ1) is 12.5. The molecule has 9 heteroatoms. The molecule has 0 unspecified atom stereocenters. The molecule has 1 aliphatic heterocycles. The van der Waals surface area contributed by atoms with Gasteiger partial charge in [-0.2, -0.15) is 0 Å². The average molecular weight is 376 g/mol. The molecule has 0 aromatic heterocycles. The third-order valence-electron chi connectivity index (χ3n) is 3.74. The van der Waals surface area contributed by atoms with Crippen molar-refractivity contribution in [1.29, 1.82) is 0 Å². The summed E-state index contributed by atoms with van der Waals surface area (Å²) < 4.78 is 36.9. The van der Waals surface area contributed by atoms with Crippen LogP contribution in [0.1, 0.15) is 26.7 Å². The molecular weight excluding hydrogens is 348 g/mol. The van der Waals surface area contributed by atoms with E-state index in [-0.39, 0.29) is 13.2 Å². The molecule has 0 radical (unpaired) electrons. The summed E-state index contributed by atoms with van der Waals surface area (Å²) in [5.41, 5.74) is 0. The van der Waals surface area contributed by atoms with Crippen molar-refractivity contribution in [3.05, 3.63) is 12.7 Å². The lowest BCUT2D eigenvalue weighted by atomic mass is 9.95. The summed E-state index contributed by atoms with van der Waals surface area (Å²) >= 11 is 0. The third kappa shape index (κ3) is 6.15. The van der Waals surface area contributed by atoms with E-state index in [0.717, 1.165) is 0 Å². The zero-order valence-corrected chi connectivity index (χ0v) is 15.7. The lowest BCUT2D eigenvalue weighted by molar-refractivity contribution is -0.296. The molecule has 150 valence electrons. The SMILES string of the molecule is C=CCC[C@H]1O[C@H](OC)[C@H](OC(=O)OCC)[C@@H](OC)[C@@H]1OC(=O)OCC. The van der Waals surface area contributed by atoms with E-state index in [9.17, 15) is 9.59 Å². The molecule has 26 heavy (non-hydrogen) atoms. The fourth-order valence-corrected chi connectivity index (χ4v) is 2.64. The van der Waals surface area contributed by atoms with E-state index in [1.165, 1.54) is 14.2 Å². The number of methoxy groups -OCH3 is 2. The predicted octanol–water partition coefficient (Wildman–Crippen LogP) is 2.42. The quantitative estimate of drug-likeness (QED) is 0.444. The molecule has 0 aromatic carbocycles. The zero-order chi connectivity index (χ0) is 19.5. The van der Waals surface area contributed by atoms with Gasteiger partial charge >= 0.3 is 12.3 Å². The number of allylic oxidation sites excluding steroid dienone is 1. The Morgan fingerprint density at radius 1 is 0.962 bits per heavy atom. The van der Waals surface area contributed by atoms with Crippen LogP contribution in [0.4, 0.5) is 9.59 Å². The second-order valence-corrected chi connectivity index (χ2v) is 5.38. The van der Waals surface area contributed by atoms with Crippen molar-refractivity contribution in [3.8, 4) is 0 Å². The van der Waals surface area contributed by atoms with Crippen molar-refractivity contribution in [2.24, 2.45) is 0 Å². The normalized spacial score (nSPS) is 28.1. The number of carbonyl (C=O) groups is 2. The van der Waals surface area contributed by atoms with Crippen molar-refractivity contribution in [1.82, 2.24) is 0 Å². The van der Waals surface area contributed by atoms with E-state index in [1.807, 2.05) is 0 Å². The average Bonchev–Trinajstić information content (AvgIpc) is 2.61. The Bertz CT molecular complexity index is 454.